The molecule has 1 aliphatic rings. The van der Waals surface area contributed by atoms with Gasteiger partial charge in [-0.15, -0.1) is 0 Å². The lowest BCUT2D eigenvalue weighted by Gasteiger charge is -2.30. The summed E-state index contributed by atoms with van der Waals surface area (Å²) in [7, 11) is -3.45. The number of aromatic nitrogens is 4. The molecule has 9 heteroatoms. The molecule has 0 atom stereocenters. The van der Waals surface area contributed by atoms with Crippen molar-refractivity contribution in [2.45, 2.75) is 23.7 Å². The highest BCUT2D eigenvalue weighted by atomic mass is 32.2. The number of sulfonamides is 1. The Morgan fingerprint density at radius 2 is 1.68 bits per heavy atom. The van der Waals surface area contributed by atoms with Gasteiger partial charge in [0, 0.05) is 37.6 Å². The summed E-state index contributed by atoms with van der Waals surface area (Å²) in [6.45, 7) is 0.923. The molecular weight excluding hydrogens is 376 g/mol. The maximum absolute atomic E-state index is 12.8. The predicted molar refractivity (Wildman–Crippen MR) is 105 cm³/mol. The predicted octanol–water partition coefficient (Wildman–Crippen LogP) is 2.58. The van der Waals surface area contributed by atoms with E-state index in [1.807, 2.05) is 6.07 Å². The van der Waals surface area contributed by atoms with Crippen molar-refractivity contribution in [2.75, 3.05) is 18.4 Å². The van der Waals surface area contributed by atoms with Crippen molar-refractivity contribution in [3.8, 4) is 0 Å². The zero-order valence-corrected chi connectivity index (χ0v) is 16.0. The molecule has 2 aromatic heterocycles. The summed E-state index contributed by atoms with van der Waals surface area (Å²) < 4.78 is 27.1. The van der Waals surface area contributed by atoms with Crippen molar-refractivity contribution in [1.29, 1.82) is 0 Å². The third kappa shape index (κ3) is 4.00. The number of rotatable bonds is 5. The monoisotopic (exact) mass is 396 g/mol. The minimum absolute atomic E-state index is 0.160. The van der Waals surface area contributed by atoms with E-state index in [1.165, 1.54) is 0 Å². The highest BCUT2D eigenvalue weighted by Gasteiger charge is 2.30. The van der Waals surface area contributed by atoms with Crippen LogP contribution in [0.15, 0.2) is 66.1 Å². The number of anilines is 2. The topological polar surface area (TPSA) is 101 Å². The lowest BCUT2D eigenvalue weighted by molar-refractivity contribution is 0.316. The van der Waals surface area contributed by atoms with Crippen LogP contribution < -0.4 is 5.32 Å². The van der Waals surface area contributed by atoms with Crippen LogP contribution >= 0.6 is 0 Å². The van der Waals surface area contributed by atoms with Gasteiger partial charge in [-0.05, 0) is 31.0 Å². The summed E-state index contributed by atoms with van der Waals surface area (Å²) in [6, 6.07) is 10.3. The maximum atomic E-state index is 12.8. The summed E-state index contributed by atoms with van der Waals surface area (Å²) in [5.41, 5.74) is 0.845. The SMILES string of the molecule is O=S(=O)(c1ccccc1)N1CCC(c2cncc(Nc3ncccn3)n2)CC1. The number of hydrogen-bond donors (Lipinski definition) is 1. The molecule has 144 valence electrons. The van der Waals surface area contributed by atoms with Gasteiger partial charge >= 0.3 is 0 Å². The van der Waals surface area contributed by atoms with Crippen molar-refractivity contribution in [2.24, 2.45) is 0 Å². The van der Waals surface area contributed by atoms with E-state index in [9.17, 15) is 8.42 Å². The van der Waals surface area contributed by atoms with Crippen LogP contribution in [0.25, 0.3) is 0 Å². The molecule has 0 unspecified atom stereocenters. The highest BCUT2D eigenvalue weighted by molar-refractivity contribution is 7.89. The smallest absolute Gasteiger partial charge is 0.243 e. The van der Waals surface area contributed by atoms with Gasteiger partial charge in [-0.1, -0.05) is 18.2 Å². The molecule has 1 aromatic carbocycles. The van der Waals surface area contributed by atoms with Crippen LogP contribution in [0.4, 0.5) is 11.8 Å². The van der Waals surface area contributed by atoms with Gasteiger partial charge in [0.1, 0.15) is 0 Å². The first-order valence-electron chi connectivity index (χ1n) is 9.04. The standard InChI is InChI=1S/C19H20N6O2S/c26-28(27,16-5-2-1-3-6-16)25-11-7-15(8-12-25)17-13-20-14-18(23-17)24-19-21-9-4-10-22-19/h1-6,9-10,13-15H,7-8,11-12H2,(H,21,22,23,24). The molecule has 1 N–H and O–H groups in total. The van der Waals surface area contributed by atoms with Gasteiger partial charge in [0.25, 0.3) is 0 Å². The lowest BCUT2D eigenvalue weighted by atomic mass is 9.95. The Kier molecular flexibility index (Phi) is 5.27. The Bertz CT molecular complexity index is 1020. The molecule has 0 bridgehead atoms. The van der Waals surface area contributed by atoms with E-state index in [0.29, 0.717) is 42.6 Å². The first-order chi connectivity index (χ1) is 13.6. The second kappa shape index (κ2) is 7.99. The van der Waals surface area contributed by atoms with Crippen LogP contribution in [-0.2, 0) is 10.0 Å². The van der Waals surface area contributed by atoms with E-state index in [4.69, 9.17) is 0 Å². The Hall–Kier alpha value is -2.91. The van der Waals surface area contributed by atoms with Gasteiger partial charge in [-0.3, -0.25) is 4.98 Å². The molecule has 1 fully saturated rings. The number of piperidine rings is 1. The van der Waals surface area contributed by atoms with Crippen LogP contribution in [0.3, 0.4) is 0 Å². The van der Waals surface area contributed by atoms with Crippen molar-refractivity contribution < 1.29 is 8.42 Å². The van der Waals surface area contributed by atoms with Crippen molar-refractivity contribution in [3.63, 3.8) is 0 Å². The number of nitrogens with one attached hydrogen (secondary N) is 1. The molecule has 3 heterocycles. The van der Waals surface area contributed by atoms with Crippen LogP contribution in [0.1, 0.15) is 24.5 Å². The number of nitrogens with zero attached hydrogens (tertiary/aromatic N) is 5. The molecule has 0 amide bonds. The van der Waals surface area contributed by atoms with E-state index in [-0.39, 0.29) is 5.92 Å². The van der Waals surface area contributed by atoms with Crippen LogP contribution in [-0.4, -0.2) is 45.7 Å². The van der Waals surface area contributed by atoms with Crippen molar-refractivity contribution in [1.82, 2.24) is 24.2 Å². The maximum Gasteiger partial charge on any atom is 0.243 e. The van der Waals surface area contributed by atoms with E-state index in [2.05, 4.69) is 25.3 Å². The molecule has 3 aromatic rings. The van der Waals surface area contributed by atoms with Gasteiger partial charge in [0.15, 0.2) is 5.82 Å². The van der Waals surface area contributed by atoms with Gasteiger partial charge in [-0.25, -0.2) is 23.4 Å². The first kappa shape index (κ1) is 18.5. The molecule has 28 heavy (non-hydrogen) atoms. The summed E-state index contributed by atoms with van der Waals surface area (Å²) in [5.74, 6) is 1.19. The third-order valence-electron chi connectivity index (χ3n) is 4.71. The molecule has 1 saturated heterocycles. The van der Waals surface area contributed by atoms with Gasteiger partial charge < -0.3 is 5.32 Å². The van der Waals surface area contributed by atoms with E-state index in [1.54, 1.807) is 59.4 Å². The largest absolute Gasteiger partial charge is 0.307 e. The van der Waals surface area contributed by atoms with E-state index < -0.39 is 10.0 Å². The average Bonchev–Trinajstić information content (AvgIpc) is 2.75. The van der Waals surface area contributed by atoms with E-state index in [0.717, 1.165) is 5.69 Å². The first-order valence-corrected chi connectivity index (χ1v) is 10.5. The summed E-state index contributed by atoms with van der Waals surface area (Å²) in [6.07, 6.45) is 8.06. The van der Waals surface area contributed by atoms with Gasteiger partial charge in [0.2, 0.25) is 16.0 Å². The Balaban J connectivity index is 1.43. The molecule has 4 rings (SSSR count). The quantitative estimate of drug-likeness (QED) is 0.707. The van der Waals surface area contributed by atoms with Crippen molar-refractivity contribution in [3.05, 3.63) is 66.9 Å². The summed E-state index contributed by atoms with van der Waals surface area (Å²) in [5, 5.41) is 3.04. The minimum Gasteiger partial charge on any atom is -0.307 e. The molecule has 0 aliphatic carbocycles. The summed E-state index contributed by atoms with van der Waals surface area (Å²) in [4.78, 5) is 17.4. The van der Waals surface area contributed by atoms with Gasteiger partial charge in [-0.2, -0.15) is 4.31 Å². The minimum atomic E-state index is -3.45. The van der Waals surface area contributed by atoms with Crippen LogP contribution in [0.5, 0.6) is 0 Å². The normalized spacial score (nSPS) is 16.0. The summed E-state index contributed by atoms with van der Waals surface area (Å²) >= 11 is 0. The molecule has 0 spiro atoms. The number of hydrogen-bond acceptors (Lipinski definition) is 7. The molecule has 0 saturated carbocycles. The average molecular weight is 396 g/mol. The fraction of sp³-hybridized carbons (Fsp3) is 0.263. The molecular formula is C19H20N6O2S. The Labute approximate surface area is 163 Å². The fourth-order valence-corrected chi connectivity index (χ4v) is 4.74. The fourth-order valence-electron chi connectivity index (χ4n) is 3.25. The second-order valence-corrected chi connectivity index (χ2v) is 8.46. The molecule has 8 nitrogen and oxygen atoms in total. The second-order valence-electron chi connectivity index (χ2n) is 6.52. The lowest BCUT2D eigenvalue weighted by Crippen LogP contribution is -2.38. The highest BCUT2D eigenvalue weighted by Crippen LogP contribution is 2.30. The molecule has 1 aliphatic heterocycles. The zero-order chi connectivity index (χ0) is 19.4. The number of benzene rings is 1. The van der Waals surface area contributed by atoms with Crippen LogP contribution in [0.2, 0.25) is 0 Å². The Morgan fingerprint density at radius 1 is 0.964 bits per heavy atom. The zero-order valence-electron chi connectivity index (χ0n) is 15.1. The van der Waals surface area contributed by atoms with Crippen molar-refractivity contribution >= 4 is 21.8 Å². The van der Waals surface area contributed by atoms with E-state index >= 15 is 0 Å². The molecule has 0 radical (unpaired) electrons. The Morgan fingerprint density at radius 3 is 2.39 bits per heavy atom. The van der Waals surface area contributed by atoms with Crippen LogP contribution in [0, 0.1) is 0 Å². The van der Waals surface area contributed by atoms with Gasteiger partial charge in [0.05, 0.1) is 16.8 Å². The third-order valence-corrected chi connectivity index (χ3v) is 6.62.